The Balaban J connectivity index is 1.41. The summed E-state index contributed by atoms with van der Waals surface area (Å²) in [5, 5.41) is 0. The Bertz CT molecular complexity index is 691. The minimum atomic E-state index is -0.875. The summed E-state index contributed by atoms with van der Waals surface area (Å²) in [6, 6.07) is 0. The number of carbonyl (C=O) groups excluding carboxylic acids is 2. The summed E-state index contributed by atoms with van der Waals surface area (Å²) in [5.74, 6) is -1.20. The zero-order valence-electron chi connectivity index (χ0n) is 27.4. The van der Waals surface area contributed by atoms with Crippen molar-refractivity contribution < 1.29 is 33.3 Å². The number of hydrogen-bond acceptors (Lipinski definition) is 8. The van der Waals surface area contributed by atoms with Gasteiger partial charge in [0.15, 0.2) is 0 Å². The van der Waals surface area contributed by atoms with Gasteiger partial charge in [0.2, 0.25) is 0 Å². The highest BCUT2D eigenvalue weighted by molar-refractivity contribution is 5.69. The number of fused-ring (bicyclic) bond motifs is 3. The average molecular weight is 598 g/mol. The fourth-order valence-corrected chi connectivity index (χ4v) is 5.60. The van der Waals surface area contributed by atoms with E-state index in [9.17, 15) is 9.59 Å². The van der Waals surface area contributed by atoms with Crippen molar-refractivity contribution in [3.8, 4) is 0 Å². The first-order valence-electron chi connectivity index (χ1n) is 17.3. The van der Waals surface area contributed by atoms with Crippen LogP contribution in [0.2, 0.25) is 0 Å². The summed E-state index contributed by atoms with van der Waals surface area (Å²) >= 11 is 0. The molecule has 3 aliphatic heterocycles. The minimum Gasteiger partial charge on any atom is -0.464 e. The van der Waals surface area contributed by atoms with Crippen LogP contribution in [0.25, 0.3) is 0 Å². The second-order valence-electron chi connectivity index (χ2n) is 12.7. The quantitative estimate of drug-likeness (QED) is 0.0708. The third-order valence-electron chi connectivity index (χ3n) is 8.70. The normalized spacial score (nSPS) is 21.6. The molecule has 8 nitrogen and oxygen atoms in total. The molecule has 0 aromatic rings. The third-order valence-corrected chi connectivity index (χ3v) is 8.70. The van der Waals surface area contributed by atoms with E-state index in [1.165, 1.54) is 83.5 Å². The first kappa shape index (κ1) is 37.0. The number of unbranched alkanes of at least 4 members (excludes halogenated alkanes) is 14. The largest absolute Gasteiger partial charge is 0.464 e. The van der Waals surface area contributed by atoms with Crippen molar-refractivity contribution in [1.29, 1.82) is 0 Å². The highest BCUT2D eigenvalue weighted by Gasteiger charge is 2.52. The summed E-state index contributed by atoms with van der Waals surface area (Å²) in [6.07, 6.45) is 22.1. The van der Waals surface area contributed by atoms with Gasteiger partial charge in [0.1, 0.15) is 13.2 Å². The van der Waals surface area contributed by atoms with Crippen molar-refractivity contribution in [2.75, 3.05) is 53.2 Å². The molecule has 3 saturated heterocycles. The lowest BCUT2D eigenvalue weighted by Gasteiger charge is -2.52. The lowest BCUT2D eigenvalue weighted by Crippen LogP contribution is -2.60. The molecule has 0 radical (unpaired) electrons. The van der Waals surface area contributed by atoms with Crippen molar-refractivity contribution in [3.05, 3.63) is 0 Å². The fourth-order valence-electron chi connectivity index (χ4n) is 5.60. The Morgan fingerprint density at radius 2 is 1.02 bits per heavy atom. The van der Waals surface area contributed by atoms with Gasteiger partial charge in [0, 0.05) is 37.8 Å². The summed E-state index contributed by atoms with van der Waals surface area (Å²) in [5.41, 5.74) is -0.267. The molecule has 246 valence electrons. The third kappa shape index (κ3) is 16.0. The maximum Gasteiger partial charge on any atom is 0.305 e. The van der Waals surface area contributed by atoms with Gasteiger partial charge in [0.05, 0.1) is 19.8 Å². The molecule has 3 heterocycles. The topological polar surface area (TPSA) is 83.5 Å². The number of rotatable bonds is 27. The Hall–Kier alpha value is -1.22. The molecule has 0 saturated carbocycles. The zero-order valence-corrected chi connectivity index (χ0v) is 27.4. The van der Waals surface area contributed by atoms with Gasteiger partial charge in [-0.25, -0.2) is 0 Å². The van der Waals surface area contributed by atoms with E-state index in [2.05, 4.69) is 13.8 Å². The van der Waals surface area contributed by atoms with Gasteiger partial charge in [0.25, 0.3) is 5.97 Å². The van der Waals surface area contributed by atoms with Crippen molar-refractivity contribution in [2.45, 2.75) is 148 Å². The molecular formula is C34H63NO7. The molecule has 2 bridgehead atoms. The maximum absolute atomic E-state index is 12.3. The number of carbonyl (C=O) groups is 2. The maximum atomic E-state index is 12.3. The van der Waals surface area contributed by atoms with Crippen LogP contribution in [-0.2, 0) is 33.3 Å². The van der Waals surface area contributed by atoms with Gasteiger partial charge in [-0.15, -0.1) is 0 Å². The van der Waals surface area contributed by atoms with Crippen LogP contribution in [0.1, 0.15) is 142 Å². The monoisotopic (exact) mass is 597 g/mol. The molecule has 3 rings (SSSR count). The van der Waals surface area contributed by atoms with E-state index in [-0.39, 0.29) is 17.4 Å². The second kappa shape index (κ2) is 22.3. The summed E-state index contributed by atoms with van der Waals surface area (Å²) < 4.78 is 28.8. The van der Waals surface area contributed by atoms with Crippen LogP contribution in [-0.4, -0.2) is 76.0 Å². The highest BCUT2D eigenvalue weighted by atomic mass is 16.9. The standard InChI is InChI=1S/C34H63NO7/c1-4-6-8-10-11-12-13-14-15-16-18-20-31(36)38-26-24-35(3)25-27-39-32(37)21-23-33-28-40-34(41-29-33,42-30-33)22-19-17-9-7-5-2/h4-30H2,1-3H3. The summed E-state index contributed by atoms with van der Waals surface area (Å²) in [4.78, 5) is 26.4. The molecule has 8 heteroatoms. The van der Waals surface area contributed by atoms with Crippen molar-refractivity contribution in [3.63, 3.8) is 0 Å². The smallest absolute Gasteiger partial charge is 0.305 e. The number of hydrogen-bond donors (Lipinski definition) is 0. The van der Waals surface area contributed by atoms with E-state index in [4.69, 9.17) is 23.7 Å². The average Bonchev–Trinajstić information content (AvgIpc) is 3.00. The van der Waals surface area contributed by atoms with Gasteiger partial charge in [-0.3, -0.25) is 14.5 Å². The van der Waals surface area contributed by atoms with E-state index in [0.717, 1.165) is 25.7 Å². The molecule has 0 N–H and O–H groups in total. The molecule has 0 aliphatic carbocycles. The van der Waals surface area contributed by atoms with Crippen LogP contribution in [0, 0.1) is 5.41 Å². The molecule has 42 heavy (non-hydrogen) atoms. The molecule has 0 aromatic carbocycles. The van der Waals surface area contributed by atoms with Crippen LogP contribution in [0.5, 0.6) is 0 Å². The lowest BCUT2D eigenvalue weighted by atomic mass is 9.83. The Labute approximate surface area is 256 Å². The highest BCUT2D eigenvalue weighted by Crippen LogP contribution is 2.43. The number of ether oxygens (including phenoxy) is 5. The van der Waals surface area contributed by atoms with Crippen LogP contribution >= 0.6 is 0 Å². The molecule has 3 aliphatic rings. The summed E-state index contributed by atoms with van der Waals surface area (Å²) in [6.45, 7) is 8.07. The van der Waals surface area contributed by atoms with Crippen molar-refractivity contribution in [2.24, 2.45) is 5.41 Å². The summed E-state index contributed by atoms with van der Waals surface area (Å²) in [7, 11) is 1.94. The Morgan fingerprint density at radius 3 is 1.52 bits per heavy atom. The van der Waals surface area contributed by atoms with Crippen molar-refractivity contribution >= 4 is 11.9 Å². The van der Waals surface area contributed by atoms with Gasteiger partial charge in [-0.05, 0) is 26.3 Å². The number of likely N-dealkylation sites (N-methyl/N-ethyl adjacent to an activating group) is 1. The molecule has 0 spiro atoms. The van der Waals surface area contributed by atoms with E-state index < -0.39 is 5.97 Å². The van der Waals surface area contributed by atoms with Gasteiger partial charge < -0.3 is 23.7 Å². The number of esters is 2. The van der Waals surface area contributed by atoms with E-state index in [1.807, 2.05) is 11.9 Å². The van der Waals surface area contributed by atoms with Gasteiger partial charge >= 0.3 is 11.9 Å². The minimum absolute atomic E-state index is 0.114. The fraction of sp³-hybridized carbons (Fsp3) is 0.941. The Morgan fingerprint density at radius 1 is 0.595 bits per heavy atom. The van der Waals surface area contributed by atoms with Crippen LogP contribution in [0.4, 0.5) is 0 Å². The molecule has 0 atom stereocenters. The van der Waals surface area contributed by atoms with Crippen molar-refractivity contribution in [1.82, 2.24) is 4.90 Å². The zero-order chi connectivity index (χ0) is 30.4. The van der Waals surface area contributed by atoms with Crippen LogP contribution in [0.15, 0.2) is 0 Å². The second-order valence-corrected chi connectivity index (χ2v) is 12.7. The first-order valence-corrected chi connectivity index (χ1v) is 17.3. The first-order chi connectivity index (χ1) is 20.4. The van der Waals surface area contributed by atoms with E-state index in [0.29, 0.717) is 65.4 Å². The van der Waals surface area contributed by atoms with E-state index in [1.54, 1.807) is 0 Å². The Kier molecular flexibility index (Phi) is 19.6. The predicted molar refractivity (Wildman–Crippen MR) is 166 cm³/mol. The van der Waals surface area contributed by atoms with Gasteiger partial charge in [-0.1, -0.05) is 104 Å². The predicted octanol–water partition coefficient (Wildman–Crippen LogP) is 7.56. The molecule has 0 aromatic heterocycles. The van der Waals surface area contributed by atoms with Crippen LogP contribution in [0.3, 0.4) is 0 Å². The molecule has 3 fully saturated rings. The van der Waals surface area contributed by atoms with Gasteiger partial charge in [-0.2, -0.15) is 0 Å². The van der Waals surface area contributed by atoms with Crippen LogP contribution < -0.4 is 0 Å². The van der Waals surface area contributed by atoms with E-state index >= 15 is 0 Å². The number of nitrogens with zero attached hydrogens (tertiary/aromatic N) is 1. The lowest BCUT2D eigenvalue weighted by molar-refractivity contribution is -0.470. The SMILES string of the molecule is CCCCCCCCCCCCCC(=O)OCCN(C)CCOC(=O)CCC12COC(CCCCCCC)(OC1)OC2. The molecule has 0 amide bonds. The molecule has 0 unspecified atom stereocenters. The molecular weight excluding hydrogens is 534 g/mol.